The van der Waals surface area contributed by atoms with Crippen molar-refractivity contribution in [3.05, 3.63) is 47.5 Å². The summed E-state index contributed by atoms with van der Waals surface area (Å²) in [4.78, 5) is 3.99. The van der Waals surface area contributed by atoms with Crippen LogP contribution in [0.5, 0.6) is 0 Å². The van der Waals surface area contributed by atoms with Crippen LogP contribution < -0.4 is 0 Å². The Bertz CT molecular complexity index is 558. The summed E-state index contributed by atoms with van der Waals surface area (Å²) in [7, 11) is 0. The van der Waals surface area contributed by atoms with Crippen molar-refractivity contribution in [2.45, 2.75) is 37.3 Å². The van der Waals surface area contributed by atoms with Crippen molar-refractivity contribution in [2.24, 2.45) is 0 Å². The van der Waals surface area contributed by atoms with Crippen LogP contribution in [0, 0.1) is 0 Å². The molecule has 1 N–H and O–H groups in total. The zero-order valence-electron chi connectivity index (χ0n) is 10.5. The zero-order valence-corrected chi connectivity index (χ0v) is 11.3. The summed E-state index contributed by atoms with van der Waals surface area (Å²) >= 11 is 6.27. The van der Waals surface area contributed by atoms with E-state index < -0.39 is 5.60 Å². The molecular formula is C14H16ClN3O. The molecule has 0 spiro atoms. The van der Waals surface area contributed by atoms with E-state index in [9.17, 15) is 5.11 Å². The largest absolute Gasteiger partial charge is 0.383 e. The predicted molar refractivity (Wildman–Crippen MR) is 72.9 cm³/mol. The van der Waals surface area contributed by atoms with E-state index in [4.69, 9.17) is 11.6 Å². The Morgan fingerprint density at radius 1 is 1.32 bits per heavy atom. The molecule has 1 aromatic carbocycles. The Balaban J connectivity index is 2.06. The lowest BCUT2D eigenvalue weighted by atomic mass is 9.76. The Morgan fingerprint density at radius 3 is 2.89 bits per heavy atom. The van der Waals surface area contributed by atoms with E-state index in [-0.39, 0.29) is 6.04 Å². The van der Waals surface area contributed by atoms with Crippen LogP contribution in [0.2, 0.25) is 5.02 Å². The Hall–Kier alpha value is -1.39. The van der Waals surface area contributed by atoms with Gasteiger partial charge in [-0.3, -0.25) is 0 Å². The van der Waals surface area contributed by atoms with Crippen molar-refractivity contribution in [1.29, 1.82) is 0 Å². The van der Waals surface area contributed by atoms with Crippen LogP contribution >= 0.6 is 11.6 Å². The average molecular weight is 278 g/mol. The molecule has 0 saturated heterocycles. The number of hydrogen-bond donors (Lipinski definition) is 1. The Kier molecular flexibility index (Phi) is 3.29. The smallest absolute Gasteiger partial charge is 0.137 e. The van der Waals surface area contributed by atoms with E-state index in [1.54, 1.807) is 11.0 Å². The maximum atomic E-state index is 11.2. The molecule has 3 rings (SSSR count). The molecule has 19 heavy (non-hydrogen) atoms. The normalized spacial score (nSPS) is 27.4. The molecule has 0 bridgehead atoms. The molecule has 1 aromatic heterocycles. The van der Waals surface area contributed by atoms with E-state index in [2.05, 4.69) is 10.1 Å². The van der Waals surface area contributed by atoms with Gasteiger partial charge in [-0.2, -0.15) is 5.10 Å². The minimum atomic E-state index is -0.968. The number of aromatic nitrogens is 3. The number of halogens is 1. The quantitative estimate of drug-likeness (QED) is 0.918. The standard InChI is InChI=1S/C14H16ClN3O/c15-12-6-2-1-5-11(12)14(19)8-4-3-7-13(14)18-10-16-9-17-18/h1-2,5-6,9-10,13,19H,3-4,7-8H2. The first-order valence-corrected chi connectivity index (χ1v) is 6.91. The molecule has 5 heteroatoms. The van der Waals surface area contributed by atoms with Crippen molar-refractivity contribution in [2.75, 3.05) is 0 Å². The van der Waals surface area contributed by atoms with Gasteiger partial charge in [0.05, 0.1) is 6.04 Å². The summed E-state index contributed by atoms with van der Waals surface area (Å²) in [6, 6.07) is 7.40. The Morgan fingerprint density at radius 2 is 2.16 bits per heavy atom. The van der Waals surface area contributed by atoms with Crippen molar-refractivity contribution < 1.29 is 5.11 Å². The van der Waals surface area contributed by atoms with Crippen LogP contribution in [0.15, 0.2) is 36.9 Å². The SMILES string of the molecule is OC1(c2ccccc2Cl)CCCCC1n1cncn1. The number of nitrogens with zero attached hydrogens (tertiary/aromatic N) is 3. The third kappa shape index (κ3) is 2.15. The van der Waals surface area contributed by atoms with Gasteiger partial charge in [-0.1, -0.05) is 42.6 Å². The lowest BCUT2D eigenvalue weighted by Gasteiger charge is -2.40. The lowest BCUT2D eigenvalue weighted by Crippen LogP contribution is -2.40. The number of benzene rings is 1. The van der Waals surface area contributed by atoms with Crippen LogP contribution in [0.3, 0.4) is 0 Å². The summed E-state index contributed by atoms with van der Waals surface area (Å²) < 4.78 is 1.75. The van der Waals surface area contributed by atoms with Gasteiger partial charge >= 0.3 is 0 Å². The van der Waals surface area contributed by atoms with Gasteiger partial charge in [0.1, 0.15) is 18.3 Å². The van der Waals surface area contributed by atoms with Crippen molar-refractivity contribution in [3.8, 4) is 0 Å². The molecule has 2 unspecified atom stereocenters. The van der Waals surface area contributed by atoms with E-state index in [0.29, 0.717) is 11.4 Å². The molecule has 4 nitrogen and oxygen atoms in total. The summed E-state index contributed by atoms with van der Waals surface area (Å²) in [5.74, 6) is 0. The minimum Gasteiger partial charge on any atom is -0.383 e. The third-order valence-corrected chi connectivity index (χ3v) is 4.26. The highest BCUT2D eigenvalue weighted by Crippen LogP contribution is 2.46. The number of rotatable bonds is 2. The maximum Gasteiger partial charge on any atom is 0.137 e. The molecule has 1 heterocycles. The second-order valence-corrected chi connectivity index (χ2v) is 5.45. The molecule has 1 aliphatic carbocycles. The monoisotopic (exact) mass is 277 g/mol. The van der Waals surface area contributed by atoms with Crippen LogP contribution in [-0.2, 0) is 5.60 Å². The highest BCUT2D eigenvalue weighted by atomic mass is 35.5. The summed E-state index contributed by atoms with van der Waals surface area (Å²) in [6.45, 7) is 0. The maximum absolute atomic E-state index is 11.2. The van der Waals surface area contributed by atoms with E-state index in [0.717, 1.165) is 24.8 Å². The van der Waals surface area contributed by atoms with Crippen LogP contribution in [0.1, 0.15) is 37.3 Å². The fourth-order valence-corrected chi connectivity index (χ4v) is 3.29. The van der Waals surface area contributed by atoms with E-state index in [1.807, 2.05) is 24.3 Å². The van der Waals surface area contributed by atoms with Gasteiger partial charge in [-0.05, 0) is 18.9 Å². The van der Waals surface area contributed by atoms with Crippen molar-refractivity contribution >= 4 is 11.6 Å². The minimum absolute atomic E-state index is 0.108. The first kappa shape index (κ1) is 12.6. The van der Waals surface area contributed by atoms with Crippen molar-refractivity contribution in [1.82, 2.24) is 14.8 Å². The van der Waals surface area contributed by atoms with Crippen molar-refractivity contribution in [3.63, 3.8) is 0 Å². The topological polar surface area (TPSA) is 50.9 Å². The fourth-order valence-electron chi connectivity index (χ4n) is 2.99. The molecule has 2 atom stereocenters. The highest BCUT2D eigenvalue weighted by molar-refractivity contribution is 6.31. The molecule has 100 valence electrons. The van der Waals surface area contributed by atoms with E-state index in [1.165, 1.54) is 6.33 Å². The summed E-state index contributed by atoms with van der Waals surface area (Å²) in [6.07, 6.45) is 6.82. The second kappa shape index (κ2) is 4.94. The van der Waals surface area contributed by atoms with Gasteiger partial charge in [0.25, 0.3) is 0 Å². The molecule has 2 aromatic rings. The second-order valence-electron chi connectivity index (χ2n) is 5.04. The number of aliphatic hydroxyl groups is 1. The van der Waals surface area contributed by atoms with Gasteiger partial charge < -0.3 is 5.11 Å². The molecule has 1 saturated carbocycles. The molecule has 0 amide bonds. The van der Waals surface area contributed by atoms with Gasteiger partial charge in [0.2, 0.25) is 0 Å². The van der Waals surface area contributed by atoms with Gasteiger partial charge in [0, 0.05) is 10.6 Å². The first-order valence-electron chi connectivity index (χ1n) is 6.53. The van der Waals surface area contributed by atoms with Crippen LogP contribution in [0.25, 0.3) is 0 Å². The van der Waals surface area contributed by atoms with Crippen LogP contribution in [0.4, 0.5) is 0 Å². The Labute approximate surface area is 117 Å². The van der Waals surface area contributed by atoms with E-state index >= 15 is 0 Å². The summed E-state index contributed by atoms with van der Waals surface area (Å²) in [5.41, 5.74) is -0.179. The summed E-state index contributed by atoms with van der Waals surface area (Å²) in [5, 5.41) is 16.0. The van der Waals surface area contributed by atoms with Crippen LogP contribution in [-0.4, -0.2) is 19.9 Å². The van der Waals surface area contributed by atoms with Gasteiger partial charge in [-0.15, -0.1) is 0 Å². The molecule has 0 aliphatic heterocycles. The number of hydrogen-bond acceptors (Lipinski definition) is 3. The molecule has 1 fully saturated rings. The molecular weight excluding hydrogens is 262 g/mol. The highest BCUT2D eigenvalue weighted by Gasteiger charge is 2.43. The van der Waals surface area contributed by atoms with Gasteiger partial charge in [0.15, 0.2) is 0 Å². The van der Waals surface area contributed by atoms with Gasteiger partial charge in [-0.25, -0.2) is 9.67 Å². The fraction of sp³-hybridized carbons (Fsp3) is 0.429. The third-order valence-electron chi connectivity index (χ3n) is 3.93. The average Bonchev–Trinajstić information content (AvgIpc) is 2.93. The first-order chi connectivity index (χ1) is 9.22. The molecule has 1 aliphatic rings. The lowest BCUT2D eigenvalue weighted by molar-refractivity contribution is -0.0515. The molecule has 0 radical (unpaired) electrons. The predicted octanol–water partition coefficient (Wildman–Crippen LogP) is 2.93. The zero-order chi connectivity index (χ0) is 13.3.